The van der Waals surface area contributed by atoms with E-state index in [-0.39, 0.29) is 12.6 Å². The number of rotatable bonds is 4. The first-order chi connectivity index (χ1) is 7.70. The number of methoxy groups -OCH3 is 1. The SMILES string of the molecule is COCCOC(C)=O.OCc1ccccc1. The average molecular weight is 226 g/mol. The molecule has 0 radical (unpaired) electrons. The van der Waals surface area contributed by atoms with Crippen molar-refractivity contribution < 1.29 is 19.4 Å². The van der Waals surface area contributed by atoms with Gasteiger partial charge in [0, 0.05) is 14.0 Å². The van der Waals surface area contributed by atoms with E-state index >= 15 is 0 Å². The highest BCUT2D eigenvalue weighted by Crippen LogP contribution is 1.95. The van der Waals surface area contributed by atoms with Crippen LogP contribution in [0.2, 0.25) is 0 Å². The third kappa shape index (κ3) is 9.18. The lowest BCUT2D eigenvalue weighted by atomic mass is 10.2. The maximum Gasteiger partial charge on any atom is 0.302 e. The Hall–Kier alpha value is -1.39. The Morgan fingerprint density at radius 3 is 2.25 bits per heavy atom. The minimum atomic E-state index is -0.262. The second-order valence-corrected chi connectivity index (χ2v) is 2.98. The maximum absolute atomic E-state index is 10.0. The Labute approximate surface area is 95.8 Å². The van der Waals surface area contributed by atoms with Crippen LogP contribution in [-0.4, -0.2) is 31.4 Å². The van der Waals surface area contributed by atoms with Crippen molar-refractivity contribution >= 4 is 5.97 Å². The van der Waals surface area contributed by atoms with Crippen molar-refractivity contribution in [2.45, 2.75) is 13.5 Å². The number of aliphatic hydroxyl groups is 1. The summed E-state index contributed by atoms with van der Waals surface area (Å²) in [7, 11) is 1.56. The smallest absolute Gasteiger partial charge is 0.302 e. The molecule has 0 atom stereocenters. The van der Waals surface area contributed by atoms with Crippen LogP contribution in [0.25, 0.3) is 0 Å². The highest BCUT2D eigenvalue weighted by atomic mass is 16.6. The van der Waals surface area contributed by atoms with Gasteiger partial charge in [-0.25, -0.2) is 0 Å². The molecular weight excluding hydrogens is 208 g/mol. The lowest BCUT2D eigenvalue weighted by Gasteiger charge is -1.97. The van der Waals surface area contributed by atoms with Crippen molar-refractivity contribution in [1.82, 2.24) is 0 Å². The van der Waals surface area contributed by atoms with Crippen LogP contribution < -0.4 is 0 Å². The van der Waals surface area contributed by atoms with Crippen LogP contribution in [-0.2, 0) is 20.9 Å². The third-order valence-electron chi connectivity index (χ3n) is 1.62. The Morgan fingerprint density at radius 1 is 1.25 bits per heavy atom. The Balaban J connectivity index is 0.000000281. The summed E-state index contributed by atoms with van der Waals surface area (Å²) in [5, 5.41) is 8.54. The van der Waals surface area contributed by atoms with Crippen LogP contribution in [0, 0.1) is 0 Å². The summed E-state index contributed by atoms with van der Waals surface area (Å²) in [6, 6.07) is 9.52. The van der Waals surface area contributed by atoms with Crippen molar-refractivity contribution in [2.75, 3.05) is 20.3 Å². The van der Waals surface area contributed by atoms with Gasteiger partial charge in [-0.15, -0.1) is 0 Å². The van der Waals surface area contributed by atoms with Gasteiger partial charge in [-0.05, 0) is 5.56 Å². The van der Waals surface area contributed by atoms with Gasteiger partial charge in [0.25, 0.3) is 0 Å². The summed E-state index contributed by atoms with van der Waals surface area (Å²) in [5.41, 5.74) is 0.965. The monoisotopic (exact) mass is 226 g/mol. The second kappa shape index (κ2) is 10.1. The van der Waals surface area contributed by atoms with E-state index in [1.165, 1.54) is 6.92 Å². The minimum Gasteiger partial charge on any atom is -0.463 e. The molecule has 0 aliphatic heterocycles. The number of carbonyl (C=O) groups excluding carboxylic acids is 1. The molecule has 16 heavy (non-hydrogen) atoms. The zero-order valence-electron chi connectivity index (χ0n) is 9.68. The summed E-state index contributed by atoms with van der Waals surface area (Å²) in [4.78, 5) is 10.0. The van der Waals surface area contributed by atoms with Gasteiger partial charge in [0.05, 0.1) is 13.2 Å². The van der Waals surface area contributed by atoms with E-state index in [1.54, 1.807) is 7.11 Å². The predicted molar refractivity (Wildman–Crippen MR) is 60.9 cm³/mol. The van der Waals surface area contributed by atoms with E-state index in [9.17, 15) is 4.79 Å². The van der Waals surface area contributed by atoms with E-state index < -0.39 is 0 Å². The fourth-order valence-corrected chi connectivity index (χ4v) is 0.852. The van der Waals surface area contributed by atoms with Gasteiger partial charge in [0.2, 0.25) is 0 Å². The molecule has 0 heterocycles. The molecule has 1 rings (SSSR count). The van der Waals surface area contributed by atoms with Gasteiger partial charge in [-0.2, -0.15) is 0 Å². The highest BCUT2D eigenvalue weighted by molar-refractivity contribution is 5.65. The molecule has 4 nitrogen and oxygen atoms in total. The van der Waals surface area contributed by atoms with Crippen LogP contribution in [0.3, 0.4) is 0 Å². The molecule has 0 saturated carbocycles. The topological polar surface area (TPSA) is 55.8 Å². The summed E-state index contributed by atoms with van der Waals surface area (Å²) < 4.78 is 9.13. The van der Waals surface area contributed by atoms with Crippen LogP contribution in [0.1, 0.15) is 12.5 Å². The predicted octanol–water partition coefficient (Wildman–Crippen LogP) is 1.37. The molecule has 0 fully saturated rings. The van der Waals surface area contributed by atoms with E-state index in [2.05, 4.69) is 9.47 Å². The number of hydrogen-bond donors (Lipinski definition) is 1. The standard InChI is InChI=1S/C7H8O.C5H10O3/c8-6-7-4-2-1-3-5-7;1-5(6)8-4-3-7-2/h1-5,8H,6H2;3-4H2,1-2H3. The number of ether oxygens (including phenoxy) is 2. The molecule has 0 amide bonds. The normalized spacial score (nSPS) is 8.94. The highest BCUT2D eigenvalue weighted by Gasteiger charge is 1.88. The van der Waals surface area contributed by atoms with Gasteiger partial charge < -0.3 is 14.6 Å². The van der Waals surface area contributed by atoms with Crippen LogP contribution in [0.15, 0.2) is 30.3 Å². The molecule has 0 unspecified atom stereocenters. The van der Waals surface area contributed by atoms with Gasteiger partial charge >= 0.3 is 5.97 Å². The molecule has 1 N–H and O–H groups in total. The molecule has 90 valence electrons. The van der Waals surface area contributed by atoms with Gasteiger partial charge in [-0.1, -0.05) is 30.3 Å². The van der Waals surface area contributed by atoms with Crippen molar-refractivity contribution in [2.24, 2.45) is 0 Å². The molecule has 0 aliphatic rings. The number of esters is 1. The zero-order chi connectivity index (χ0) is 12.2. The van der Waals surface area contributed by atoms with Crippen molar-refractivity contribution in [3.8, 4) is 0 Å². The quantitative estimate of drug-likeness (QED) is 0.622. The number of carbonyl (C=O) groups is 1. The zero-order valence-corrected chi connectivity index (χ0v) is 9.68. The van der Waals surface area contributed by atoms with Crippen LogP contribution in [0.5, 0.6) is 0 Å². The van der Waals surface area contributed by atoms with Crippen LogP contribution in [0.4, 0.5) is 0 Å². The Morgan fingerprint density at radius 2 is 1.88 bits per heavy atom. The van der Waals surface area contributed by atoms with Crippen molar-refractivity contribution in [3.63, 3.8) is 0 Å². The summed E-state index contributed by atoms with van der Waals surface area (Å²) >= 11 is 0. The first kappa shape index (κ1) is 14.6. The molecule has 0 aromatic heterocycles. The molecule has 0 aliphatic carbocycles. The van der Waals surface area contributed by atoms with Crippen molar-refractivity contribution in [1.29, 1.82) is 0 Å². The average Bonchev–Trinajstić information content (AvgIpc) is 2.31. The Kier molecular flexibility index (Phi) is 9.26. The first-order valence-electron chi connectivity index (χ1n) is 4.97. The molecule has 0 saturated heterocycles. The van der Waals surface area contributed by atoms with E-state index in [0.717, 1.165) is 5.56 Å². The van der Waals surface area contributed by atoms with Gasteiger partial charge in [0.15, 0.2) is 0 Å². The van der Waals surface area contributed by atoms with Crippen LogP contribution >= 0.6 is 0 Å². The third-order valence-corrected chi connectivity index (χ3v) is 1.62. The van der Waals surface area contributed by atoms with Crippen molar-refractivity contribution in [3.05, 3.63) is 35.9 Å². The van der Waals surface area contributed by atoms with Gasteiger partial charge in [-0.3, -0.25) is 4.79 Å². The number of hydrogen-bond acceptors (Lipinski definition) is 4. The molecule has 1 aromatic rings. The summed E-state index contributed by atoms with van der Waals surface area (Å²) in [5.74, 6) is -0.262. The van der Waals surface area contributed by atoms with E-state index in [1.807, 2.05) is 30.3 Å². The Bertz CT molecular complexity index is 272. The molecule has 1 aromatic carbocycles. The number of aliphatic hydroxyl groups excluding tert-OH is 1. The lowest BCUT2D eigenvalue weighted by Crippen LogP contribution is -2.05. The van der Waals surface area contributed by atoms with Gasteiger partial charge in [0.1, 0.15) is 6.61 Å². The van der Waals surface area contributed by atoms with E-state index in [0.29, 0.717) is 13.2 Å². The fraction of sp³-hybridized carbons (Fsp3) is 0.417. The maximum atomic E-state index is 10.0. The summed E-state index contributed by atoms with van der Waals surface area (Å²) in [6.45, 7) is 2.34. The fourth-order valence-electron chi connectivity index (χ4n) is 0.852. The summed E-state index contributed by atoms with van der Waals surface area (Å²) in [6.07, 6.45) is 0. The molecular formula is C12H18O4. The number of benzene rings is 1. The molecule has 4 heteroatoms. The molecule has 0 bridgehead atoms. The van der Waals surface area contributed by atoms with E-state index in [4.69, 9.17) is 5.11 Å². The first-order valence-corrected chi connectivity index (χ1v) is 4.97. The molecule has 0 spiro atoms. The second-order valence-electron chi connectivity index (χ2n) is 2.98. The largest absolute Gasteiger partial charge is 0.463 e. The lowest BCUT2D eigenvalue weighted by molar-refractivity contribution is -0.142. The minimum absolute atomic E-state index is 0.140.